The van der Waals surface area contributed by atoms with E-state index >= 15 is 0 Å². The van der Waals surface area contributed by atoms with Gasteiger partial charge in [0.1, 0.15) is 0 Å². The van der Waals surface area contributed by atoms with Crippen LogP contribution in [0.25, 0.3) is 0 Å². The second kappa shape index (κ2) is 4.28. The van der Waals surface area contributed by atoms with Crippen LogP contribution in [0.3, 0.4) is 0 Å². The summed E-state index contributed by atoms with van der Waals surface area (Å²) in [4.78, 5) is 15.9. The first-order chi connectivity index (χ1) is 6.75. The third-order valence-corrected chi connectivity index (χ3v) is 3.17. The van der Waals surface area contributed by atoms with Crippen LogP contribution in [0, 0.1) is 0 Å². The van der Waals surface area contributed by atoms with Crippen LogP contribution in [-0.2, 0) is 9.53 Å². The maximum absolute atomic E-state index is 11.1. The molecule has 1 atom stereocenters. The molecule has 0 N–H and O–H groups in total. The van der Waals surface area contributed by atoms with E-state index in [-0.39, 0.29) is 5.97 Å². The summed E-state index contributed by atoms with van der Waals surface area (Å²) in [6, 6.07) is 0.435. The molecule has 0 radical (unpaired) electrons. The van der Waals surface area contributed by atoms with Crippen LogP contribution >= 0.6 is 0 Å². The molecule has 2 aliphatic rings. The van der Waals surface area contributed by atoms with Gasteiger partial charge in [-0.25, -0.2) is 0 Å². The number of esters is 1. The zero-order chi connectivity index (χ0) is 9.97. The summed E-state index contributed by atoms with van der Waals surface area (Å²) < 4.78 is 4.94. The molecular formula is C10H18N2O2. The molecule has 80 valence electrons. The number of hydrogen-bond acceptors (Lipinski definition) is 4. The van der Waals surface area contributed by atoms with Gasteiger partial charge in [0.05, 0.1) is 13.0 Å². The molecule has 0 aliphatic carbocycles. The van der Waals surface area contributed by atoms with Crippen LogP contribution in [0.15, 0.2) is 0 Å². The Morgan fingerprint density at radius 3 is 2.64 bits per heavy atom. The molecule has 0 spiro atoms. The predicted octanol–water partition coefficient (Wildman–Crippen LogP) is -0.0606. The van der Waals surface area contributed by atoms with Gasteiger partial charge in [-0.2, -0.15) is 0 Å². The fourth-order valence-electron chi connectivity index (χ4n) is 2.16. The summed E-state index contributed by atoms with van der Waals surface area (Å²) >= 11 is 0. The Balaban J connectivity index is 1.85. The fourth-order valence-corrected chi connectivity index (χ4v) is 2.16. The number of nitrogens with zero attached hydrogens (tertiary/aromatic N) is 2. The molecule has 4 nitrogen and oxygen atoms in total. The number of ether oxygens (including phenoxy) is 1. The monoisotopic (exact) mass is 198 g/mol. The highest BCUT2D eigenvalue weighted by atomic mass is 16.5. The smallest absolute Gasteiger partial charge is 0.307 e. The van der Waals surface area contributed by atoms with Crippen molar-refractivity contribution in [2.45, 2.75) is 18.9 Å². The quantitative estimate of drug-likeness (QED) is 0.553. The Hall–Kier alpha value is -0.610. The zero-order valence-corrected chi connectivity index (χ0v) is 8.74. The number of rotatable bonds is 1. The number of hydrogen-bond donors (Lipinski definition) is 0. The molecule has 0 amide bonds. The molecule has 0 bridgehead atoms. The molecule has 2 fully saturated rings. The minimum Gasteiger partial charge on any atom is -0.466 e. The van der Waals surface area contributed by atoms with Crippen molar-refractivity contribution in [3.05, 3.63) is 0 Å². The molecule has 0 aromatic carbocycles. The minimum absolute atomic E-state index is 0.0276. The minimum atomic E-state index is -0.0276. The summed E-state index contributed by atoms with van der Waals surface area (Å²) in [5.41, 5.74) is 0. The third kappa shape index (κ3) is 2.25. The number of likely N-dealkylation sites (N-methyl/N-ethyl adjacent to an activating group) is 1. The summed E-state index contributed by atoms with van der Waals surface area (Å²) in [5.74, 6) is -0.0276. The van der Waals surface area contributed by atoms with Gasteiger partial charge in [-0.3, -0.25) is 9.69 Å². The maximum atomic E-state index is 11.1. The van der Waals surface area contributed by atoms with E-state index in [1.165, 1.54) is 0 Å². The Kier molecular flexibility index (Phi) is 3.03. The van der Waals surface area contributed by atoms with Gasteiger partial charge in [0.15, 0.2) is 0 Å². The molecule has 0 aromatic rings. The van der Waals surface area contributed by atoms with Crippen LogP contribution in [0.5, 0.6) is 0 Å². The Morgan fingerprint density at radius 2 is 2.00 bits per heavy atom. The Labute approximate surface area is 84.8 Å². The first-order valence-corrected chi connectivity index (χ1v) is 5.34. The average molecular weight is 198 g/mol. The van der Waals surface area contributed by atoms with Crippen molar-refractivity contribution in [1.82, 2.24) is 9.80 Å². The van der Waals surface area contributed by atoms with Crippen molar-refractivity contribution in [2.75, 3.05) is 39.8 Å². The first kappa shape index (κ1) is 9.93. The van der Waals surface area contributed by atoms with Crippen molar-refractivity contribution in [2.24, 2.45) is 0 Å². The first-order valence-electron chi connectivity index (χ1n) is 5.34. The number of piperazine rings is 1. The molecule has 0 aromatic heterocycles. The molecule has 14 heavy (non-hydrogen) atoms. The van der Waals surface area contributed by atoms with Crippen LogP contribution in [-0.4, -0.2) is 61.6 Å². The van der Waals surface area contributed by atoms with Gasteiger partial charge >= 0.3 is 5.97 Å². The summed E-state index contributed by atoms with van der Waals surface area (Å²) in [6.07, 6.45) is 1.60. The van der Waals surface area contributed by atoms with Crippen molar-refractivity contribution in [1.29, 1.82) is 0 Å². The number of carbonyl (C=O) groups excluding carboxylic acids is 1. The highest BCUT2D eigenvalue weighted by Crippen LogP contribution is 2.16. The molecule has 2 heterocycles. The van der Waals surface area contributed by atoms with Gasteiger partial charge in [-0.1, -0.05) is 0 Å². The van der Waals surface area contributed by atoms with Gasteiger partial charge in [0, 0.05) is 32.2 Å². The summed E-state index contributed by atoms with van der Waals surface area (Å²) in [7, 11) is 2.15. The lowest BCUT2D eigenvalue weighted by Gasteiger charge is -2.38. The van der Waals surface area contributed by atoms with E-state index in [0.717, 1.165) is 32.6 Å². The Bertz CT molecular complexity index is 212. The normalized spacial score (nSPS) is 31.5. The lowest BCUT2D eigenvalue weighted by molar-refractivity contribution is -0.150. The van der Waals surface area contributed by atoms with Gasteiger partial charge in [-0.05, 0) is 13.5 Å². The van der Waals surface area contributed by atoms with Crippen molar-refractivity contribution < 1.29 is 9.53 Å². The topological polar surface area (TPSA) is 32.8 Å². The molecule has 0 saturated carbocycles. The van der Waals surface area contributed by atoms with Crippen molar-refractivity contribution >= 4 is 5.97 Å². The van der Waals surface area contributed by atoms with Crippen LogP contribution in [0.4, 0.5) is 0 Å². The van der Waals surface area contributed by atoms with Gasteiger partial charge in [0.2, 0.25) is 0 Å². The number of cyclic esters (lactones) is 1. The largest absolute Gasteiger partial charge is 0.466 e. The van der Waals surface area contributed by atoms with E-state index in [1.807, 2.05) is 0 Å². The fraction of sp³-hybridized carbons (Fsp3) is 0.900. The van der Waals surface area contributed by atoms with Crippen LogP contribution < -0.4 is 0 Å². The van der Waals surface area contributed by atoms with Crippen LogP contribution in [0.2, 0.25) is 0 Å². The van der Waals surface area contributed by atoms with Gasteiger partial charge < -0.3 is 9.64 Å². The molecule has 4 heteroatoms. The van der Waals surface area contributed by atoms with E-state index in [4.69, 9.17) is 4.74 Å². The van der Waals surface area contributed by atoms with Gasteiger partial charge in [-0.15, -0.1) is 0 Å². The standard InChI is InChI=1S/C10H18N2O2/c1-11-3-5-12(6-4-11)9-2-7-14-10(13)8-9/h9H,2-8H2,1H3/t9-/m1/s1. The molecular weight excluding hydrogens is 180 g/mol. The second-order valence-electron chi connectivity index (χ2n) is 4.21. The molecule has 2 aliphatic heterocycles. The average Bonchev–Trinajstić information content (AvgIpc) is 2.19. The van der Waals surface area contributed by atoms with Crippen LogP contribution in [0.1, 0.15) is 12.8 Å². The highest BCUT2D eigenvalue weighted by molar-refractivity contribution is 5.70. The zero-order valence-electron chi connectivity index (χ0n) is 8.74. The highest BCUT2D eigenvalue weighted by Gasteiger charge is 2.27. The summed E-state index contributed by atoms with van der Waals surface area (Å²) in [5, 5.41) is 0. The summed E-state index contributed by atoms with van der Waals surface area (Å²) in [6.45, 7) is 5.02. The van der Waals surface area contributed by atoms with Crippen molar-refractivity contribution in [3.63, 3.8) is 0 Å². The Morgan fingerprint density at radius 1 is 1.29 bits per heavy atom. The SMILES string of the molecule is CN1CCN([C@@H]2CCOC(=O)C2)CC1. The van der Waals surface area contributed by atoms with Gasteiger partial charge in [0.25, 0.3) is 0 Å². The lowest BCUT2D eigenvalue weighted by Crippen LogP contribution is -2.51. The van der Waals surface area contributed by atoms with Crippen molar-refractivity contribution in [3.8, 4) is 0 Å². The maximum Gasteiger partial charge on any atom is 0.307 e. The van der Waals surface area contributed by atoms with E-state index in [2.05, 4.69) is 16.8 Å². The van der Waals surface area contributed by atoms with E-state index in [0.29, 0.717) is 19.1 Å². The lowest BCUT2D eigenvalue weighted by atomic mass is 10.1. The van der Waals surface area contributed by atoms with E-state index < -0.39 is 0 Å². The molecule has 2 saturated heterocycles. The predicted molar refractivity (Wildman–Crippen MR) is 53.1 cm³/mol. The second-order valence-corrected chi connectivity index (χ2v) is 4.21. The molecule has 2 rings (SSSR count). The number of carbonyl (C=O) groups is 1. The van der Waals surface area contributed by atoms with E-state index in [9.17, 15) is 4.79 Å². The molecule has 0 unspecified atom stereocenters. The van der Waals surface area contributed by atoms with E-state index in [1.54, 1.807) is 0 Å². The third-order valence-electron chi connectivity index (χ3n) is 3.17.